The van der Waals surface area contributed by atoms with Gasteiger partial charge in [-0.25, -0.2) is 0 Å². The molecule has 382 valence electrons. The van der Waals surface area contributed by atoms with Crippen LogP contribution in [0.25, 0.3) is 87.2 Å². The zero-order valence-electron chi connectivity index (χ0n) is 45.8. The molecule has 0 saturated heterocycles. The van der Waals surface area contributed by atoms with Gasteiger partial charge in [0.2, 0.25) is 0 Å². The van der Waals surface area contributed by atoms with Crippen molar-refractivity contribution in [1.29, 1.82) is 0 Å². The van der Waals surface area contributed by atoms with Crippen LogP contribution in [-0.4, -0.2) is 11.4 Å². The van der Waals surface area contributed by atoms with Crippen molar-refractivity contribution in [3.63, 3.8) is 0 Å². The Morgan fingerprint density at radius 2 is 0.696 bits per heavy atom. The number of fused-ring (bicyclic) bond motifs is 3. The van der Waals surface area contributed by atoms with Crippen LogP contribution >= 0.6 is 11.3 Å². The third-order valence-electron chi connectivity index (χ3n) is 15.1. The monoisotopic (exact) mass is 1030 g/mol. The number of rotatable bonds is 14. The van der Waals surface area contributed by atoms with Gasteiger partial charge in [-0.2, -0.15) is 0 Å². The predicted octanol–water partition coefficient (Wildman–Crippen LogP) is 21.1. The number of hydrogen-bond donors (Lipinski definition) is 0. The van der Waals surface area contributed by atoms with E-state index in [1.54, 1.807) is 0 Å². The first-order chi connectivity index (χ1) is 38.5. The van der Waals surface area contributed by atoms with Gasteiger partial charge in [-0.1, -0.05) is 207 Å². The first-order valence-corrected chi connectivity index (χ1v) is 27.8. The lowest BCUT2D eigenvalue weighted by Crippen LogP contribution is -2.02. The number of thiophene rings is 1. The van der Waals surface area contributed by atoms with Gasteiger partial charge >= 0.3 is 0 Å². The van der Waals surface area contributed by atoms with Crippen molar-refractivity contribution in [1.82, 2.24) is 0 Å². The predicted molar refractivity (Wildman–Crippen MR) is 344 cm³/mol. The average Bonchev–Trinajstić information content (AvgIpc) is 3.96. The Morgan fingerprint density at radius 3 is 1.08 bits per heavy atom. The summed E-state index contributed by atoms with van der Waals surface area (Å²) >= 11 is 1.85. The third kappa shape index (κ3) is 11.0. The molecule has 11 rings (SSSR count). The molecule has 79 heavy (non-hydrogen) atoms. The van der Waals surface area contributed by atoms with E-state index in [1.165, 1.54) is 86.9 Å². The highest BCUT2D eigenvalue weighted by Gasteiger charge is 2.19. The molecule has 0 spiro atoms. The largest absolute Gasteiger partial charge is 0.252 e. The molecule has 0 bridgehead atoms. The van der Waals surface area contributed by atoms with Crippen molar-refractivity contribution < 1.29 is 0 Å². The summed E-state index contributed by atoms with van der Waals surface area (Å²) in [5.41, 5.74) is 26.2. The number of nitrogens with zero attached hydrogens (tertiary/aromatic N) is 2. The molecule has 3 heteroatoms. The smallest absolute Gasteiger partial charge is 0.0711 e. The van der Waals surface area contributed by atoms with Gasteiger partial charge < -0.3 is 0 Å². The maximum absolute atomic E-state index is 5.39. The summed E-state index contributed by atoms with van der Waals surface area (Å²) in [6.07, 6.45) is 4.21. The number of aliphatic imine (C=N–C) groups is 2. The van der Waals surface area contributed by atoms with Gasteiger partial charge in [-0.15, -0.1) is 11.3 Å². The van der Waals surface area contributed by atoms with E-state index >= 15 is 0 Å². The van der Waals surface area contributed by atoms with E-state index in [9.17, 15) is 0 Å². The molecule has 10 aromatic carbocycles. The van der Waals surface area contributed by atoms with Crippen molar-refractivity contribution in [2.75, 3.05) is 0 Å². The highest BCUT2D eigenvalue weighted by molar-refractivity contribution is 7.25. The molecule has 11 aromatic rings. The second-order valence-corrected chi connectivity index (χ2v) is 21.6. The zero-order chi connectivity index (χ0) is 54.6. The Hall–Kier alpha value is -9.28. The number of allylic oxidation sites excluding steroid dienone is 4. The molecule has 0 saturated carbocycles. The van der Waals surface area contributed by atoms with E-state index in [0.717, 1.165) is 67.3 Å². The van der Waals surface area contributed by atoms with Crippen LogP contribution in [0.1, 0.15) is 69.5 Å². The van der Waals surface area contributed by atoms with E-state index < -0.39 is 0 Å². The van der Waals surface area contributed by atoms with Crippen LogP contribution in [0.3, 0.4) is 0 Å². The van der Waals surface area contributed by atoms with E-state index in [-0.39, 0.29) is 0 Å². The van der Waals surface area contributed by atoms with Gasteiger partial charge in [0, 0.05) is 53.8 Å². The lowest BCUT2D eigenvalue weighted by molar-refractivity contribution is 1.38. The molecule has 0 aliphatic carbocycles. The summed E-state index contributed by atoms with van der Waals surface area (Å²) in [4.78, 5) is 10.8. The number of hydrogen-bond acceptors (Lipinski definition) is 3. The summed E-state index contributed by atoms with van der Waals surface area (Å²) in [6, 6.07) is 82.3. The van der Waals surface area contributed by atoms with Gasteiger partial charge in [-0.05, 0) is 179 Å². The number of aryl methyl sites for hydroxylation is 4. The highest BCUT2D eigenvalue weighted by Crippen LogP contribution is 2.42. The minimum absolute atomic E-state index is 0.872. The van der Waals surface area contributed by atoms with E-state index in [1.807, 2.05) is 59.9 Å². The van der Waals surface area contributed by atoms with Crippen LogP contribution < -0.4 is 0 Å². The van der Waals surface area contributed by atoms with Crippen molar-refractivity contribution >= 4 is 65.5 Å². The summed E-state index contributed by atoms with van der Waals surface area (Å²) in [5.74, 6) is 0. The molecule has 0 aliphatic rings. The maximum atomic E-state index is 5.39. The Bertz CT molecular complexity index is 3970. The Kier molecular flexibility index (Phi) is 14.9. The first kappa shape index (κ1) is 51.8. The maximum Gasteiger partial charge on any atom is 0.0711 e. The Labute approximate surface area is 470 Å². The fourth-order valence-electron chi connectivity index (χ4n) is 10.8. The van der Waals surface area contributed by atoms with Crippen molar-refractivity contribution in [3.8, 4) is 44.5 Å². The highest BCUT2D eigenvalue weighted by atomic mass is 32.1. The number of benzene rings is 10. The summed E-state index contributed by atoms with van der Waals surface area (Å²) in [6.45, 7) is 22.0. The second-order valence-electron chi connectivity index (χ2n) is 20.5. The summed E-state index contributed by atoms with van der Waals surface area (Å²) in [5, 5.41) is 2.52. The topological polar surface area (TPSA) is 24.7 Å². The molecule has 0 fully saturated rings. The van der Waals surface area contributed by atoms with Crippen LogP contribution in [0.4, 0.5) is 0 Å². The van der Waals surface area contributed by atoms with Gasteiger partial charge in [0.1, 0.15) is 0 Å². The summed E-state index contributed by atoms with van der Waals surface area (Å²) in [7, 11) is 0. The minimum atomic E-state index is 0.872. The normalized spacial score (nSPS) is 12.3. The van der Waals surface area contributed by atoms with Gasteiger partial charge in [0.05, 0.1) is 11.4 Å². The molecular weight excluding hydrogens is 973 g/mol. The zero-order valence-corrected chi connectivity index (χ0v) is 46.6. The first-order valence-electron chi connectivity index (χ1n) is 27.0. The van der Waals surface area contributed by atoms with Crippen LogP contribution in [-0.2, 0) is 0 Å². The SMILES string of the molecule is C=C(/C=C(\N=C(/C)c1cccc(C)c1-c1cc(-c2ccc3sc4ccc(-c5ccc(C)c(-c6c(C)cccc6/C(C)=N/C(=C\C(=C)c6ccccc6)c6ccccc6)c5)cc4c3c2)ccc1C)c1ccccc1)c1ccccc1. The van der Waals surface area contributed by atoms with Crippen LogP contribution in [0, 0.1) is 27.7 Å². The van der Waals surface area contributed by atoms with Crippen LogP contribution in [0.15, 0.2) is 266 Å². The molecule has 0 N–H and O–H groups in total. The lowest BCUT2D eigenvalue weighted by atomic mass is 9.88. The average molecular weight is 1040 g/mol. The van der Waals surface area contributed by atoms with Gasteiger partial charge in [0.15, 0.2) is 0 Å². The van der Waals surface area contributed by atoms with Crippen molar-refractivity contribution in [3.05, 3.63) is 311 Å². The molecule has 0 unspecified atom stereocenters. The molecule has 0 aliphatic heterocycles. The third-order valence-corrected chi connectivity index (χ3v) is 16.3. The fourth-order valence-corrected chi connectivity index (χ4v) is 11.9. The Morgan fingerprint density at radius 1 is 0.354 bits per heavy atom. The molecule has 0 atom stereocenters. The van der Waals surface area contributed by atoms with Crippen LogP contribution in [0.5, 0.6) is 0 Å². The molecular formula is C76H62N2S. The van der Waals surface area contributed by atoms with E-state index in [2.05, 4.69) is 249 Å². The fraction of sp³-hybridized carbons (Fsp3) is 0.0789. The molecule has 1 heterocycles. The molecule has 0 amide bonds. The minimum Gasteiger partial charge on any atom is -0.252 e. The lowest BCUT2D eigenvalue weighted by Gasteiger charge is -2.17. The van der Waals surface area contributed by atoms with Gasteiger partial charge in [0.25, 0.3) is 0 Å². The molecule has 2 nitrogen and oxygen atoms in total. The quantitative estimate of drug-likeness (QED) is 0.0766. The summed E-state index contributed by atoms with van der Waals surface area (Å²) < 4.78 is 2.54. The Balaban J connectivity index is 0.944. The molecule has 0 radical (unpaired) electrons. The second kappa shape index (κ2) is 22.7. The standard InChI is InChI=1S/C76H62N2S/c1-49-35-37-61(45-67(49)75-51(3)23-21-33-65(75)55(7)77-71(59-29-17-11-18-30-59)43-53(5)57-25-13-9-14-26-57)63-39-41-73-69(47-63)70-48-64(40-42-74(70)79-73)62-38-36-50(2)68(46-62)76-52(4)24-22-34-66(76)56(8)78-72(60-31-19-12-20-32-60)44-54(6)58-27-15-10-16-28-58/h9-48H,5-6H2,1-4,7-8H3/b71-43-,72-44-,77-55+,78-56+. The van der Waals surface area contributed by atoms with Crippen molar-refractivity contribution in [2.45, 2.75) is 41.5 Å². The molecule has 1 aromatic heterocycles. The van der Waals surface area contributed by atoms with Crippen LogP contribution in [0.2, 0.25) is 0 Å². The van der Waals surface area contributed by atoms with Gasteiger partial charge in [-0.3, -0.25) is 9.98 Å². The van der Waals surface area contributed by atoms with E-state index in [0.29, 0.717) is 0 Å². The van der Waals surface area contributed by atoms with Crippen molar-refractivity contribution in [2.24, 2.45) is 9.98 Å². The van der Waals surface area contributed by atoms with E-state index in [4.69, 9.17) is 9.98 Å².